The number of hydrogen-bond donors (Lipinski definition) is 0. The molecule has 0 fully saturated rings. The van der Waals surface area contributed by atoms with Gasteiger partial charge in [0, 0.05) is 38.1 Å². The number of benzene rings is 1. The Balaban J connectivity index is 2.39. The fourth-order valence-corrected chi connectivity index (χ4v) is 2.01. The topological polar surface area (TPSA) is 53.4 Å². The zero-order valence-corrected chi connectivity index (χ0v) is 11.7. The Morgan fingerprint density at radius 2 is 2.10 bits per heavy atom. The Bertz CT molecular complexity index is 623. The van der Waals surface area contributed by atoms with Crippen molar-refractivity contribution in [2.45, 2.75) is 13.0 Å². The number of methoxy groups -OCH3 is 2. The predicted octanol–water partition coefficient (Wildman–Crippen LogP) is 1.96. The van der Waals surface area contributed by atoms with Gasteiger partial charge in [0.05, 0.1) is 7.11 Å². The Labute approximate surface area is 117 Å². The second-order valence-corrected chi connectivity index (χ2v) is 4.34. The first-order valence-corrected chi connectivity index (χ1v) is 6.45. The van der Waals surface area contributed by atoms with E-state index in [1.807, 2.05) is 24.3 Å². The van der Waals surface area contributed by atoms with Gasteiger partial charge < -0.3 is 9.47 Å². The van der Waals surface area contributed by atoms with Crippen molar-refractivity contribution in [2.75, 3.05) is 20.8 Å². The van der Waals surface area contributed by atoms with Gasteiger partial charge >= 0.3 is 0 Å². The van der Waals surface area contributed by atoms with Gasteiger partial charge in [0.25, 0.3) is 5.56 Å². The van der Waals surface area contributed by atoms with Gasteiger partial charge in [0.1, 0.15) is 11.6 Å². The average molecular weight is 274 g/mol. The molecule has 0 saturated heterocycles. The van der Waals surface area contributed by atoms with E-state index in [1.165, 1.54) is 12.3 Å². The molecule has 0 atom stereocenters. The third-order valence-electron chi connectivity index (χ3n) is 2.99. The molecule has 0 aliphatic heterocycles. The zero-order valence-electron chi connectivity index (χ0n) is 11.7. The van der Waals surface area contributed by atoms with Crippen molar-refractivity contribution in [2.24, 2.45) is 0 Å². The SMILES string of the molecule is COCCCn1c(-c2cccc(OC)c2)nccc1=O. The highest BCUT2D eigenvalue weighted by Gasteiger charge is 2.08. The molecule has 20 heavy (non-hydrogen) atoms. The van der Waals surface area contributed by atoms with Gasteiger partial charge in [-0.25, -0.2) is 4.98 Å². The Morgan fingerprint density at radius 3 is 2.85 bits per heavy atom. The number of nitrogens with zero attached hydrogens (tertiary/aromatic N) is 2. The lowest BCUT2D eigenvalue weighted by molar-refractivity contribution is 0.190. The molecule has 106 valence electrons. The fourth-order valence-electron chi connectivity index (χ4n) is 2.01. The second kappa shape index (κ2) is 6.86. The summed E-state index contributed by atoms with van der Waals surface area (Å²) in [4.78, 5) is 16.3. The minimum absolute atomic E-state index is 0.0612. The molecular formula is C15H18N2O3. The first kappa shape index (κ1) is 14.3. The van der Waals surface area contributed by atoms with Crippen molar-refractivity contribution in [3.05, 3.63) is 46.9 Å². The largest absolute Gasteiger partial charge is 0.497 e. The number of ether oxygens (including phenoxy) is 2. The summed E-state index contributed by atoms with van der Waals surface area (Å²) in [6.45, 7) is 1.19. The number of hydrogen-bond acceptors (Lipinski definition) is 4. The lowest BCUT2D eigenvalue weighted by Crippen LogP contribution is -2.22. The molecule has 1 aromatic carbocycles. The van der Waals surface area contributed by atoms with E-state index in [0.717, 1.165) is 17.7 Å². The summed E-state index contributed by atoms with van der Waals surface area (Å²) in [5.74, 6) is 1.39. The summed E-state index contributed by atoms with van der Waals surface area (Å²) in [5, 5.41) is 0. The van der Waals surface area contributed by atoms with E-state index in [-0.39, 0.29) is 5.56 Å². The normalized spacial score (nSPS) is 10.5. The maximum atomic E-state index is 12.0. The highest BCUT2D eigenvalue weighted by Crippen LogP contribution is 2.21. The number of aromatic nitrogens is 2. The summed E-state index contributed by atoms with van der Waals surface area (Å²) in [6, 6.07) is 8.99. The van der Waals surface area contributed by atoms with Gasteiger partial charge in [-0.3, -0.25) is 9.36 Å². The molecule has 0 aliphatic rings. The fraction of sp³-hybridized carbons (Fsp3) is 0.333. The van der Waals surface area contributed by atoms with Crippen LogP contribution in [0.5, 0.6) is 5.75 Å². The van der Waals surface area contributed by atoms with E-state index in [1.54, 1.807) is 18.8 Å². The van der Waals surface area contributed by atoms with E-state index in [2.05, 4.69) is 4.98 Å². The highest BCUT2D eigenvalue weighted by atomic mass is 16.5. The van der Waals surface area contributed by atoms with Gasteiger partial charge in [-0.15, -0.1) is 0 Å². The molecule has 0 unspecified atom stereocenters. The van der Waals surface area contributed by atoms with Gasteiger partial charge in [-0.05, 0) is 18.6 Å². The van der Waals surface area contributed by atoms with Crippen molar-refractivity contribution >= 4 is 0 Å². The first-order valence-electron chi connectivity index (χ1n) is 6.45. The van der Waals surface area contributed by atoms with Crippen LogP contribution >= 0.6 is 0 Å². The maximum absolute atomic E-state index is 12.0. The van der Waals surface area contributed by atoms with Crippen LogP contribution in [0.15, 0.2) is 41.3 Å². The van der Waals surface area contributed by atoms with Crippen LogP contribution in [0.25, 0.3) is 11.4 Å². The van der Waals surface area contributed by atoms with Gasteiger partial charge in [0.2, 0.25) is 0 Å². The molecule has 1 heterocycles. The van der Waals surface area contributed by atoms with E-state index >= 15 is 0 Å². The van der Waals surface area contributed by atoms with E-state index in [0.29, 0.717) is 19.0 Å². The highest BCUT2D eigenvalue weighted by molar-refractivity contribution is 5.57. The molecule has 0 amide bonds. The van der Waals surface area contributed by atoms with Crippen LogP contribution < -0.4 is 10.3 Å². The third-order valence-corrected chi connectivity index (χ3v) is 2.99. The minimum atomic E-state index is -0.0612. The Hall–Kier alpha value is -2.14. The van der Waals surface area contributed by atoms with Crippen LogP contribution in [-0.4, -0.2) is 30.4 Å². The lowest BCUT2D eigenvalue weighted by Gasteiger charge is -2.12. The molecular weight excluding hydrogens is 256 g/mol. The summed E-state index contributed by atoms with van der Waals surface area (Å²) in [7, 11) is 3.26. The summed E-state index contributed by atoms with van der Waals surface area (Å²) < 4.78 is 11.9. The van der Waals surface area contributed by atoms with Crippen LogP contribution in [0.1, 0.15) is 6.42 Å². The second-order valence-electron chi connectivity index (χ2n) is 4.34. The van der Waals surface area contributed by atoms with Crippen LogP contribution in [0.2, 0.25) is 0 Å². The van der Waals surface area contributed by atoms with Crippen LogP contribution in [0.4, 0.5) is 0 Å². The summed E-state index contributed by atoms with van der Waals surface area (Å²) in [5.41, 5.74) is 0.799. The summed E-state index contributed by atoms with van der Waals surface area (Å²) in [6.07, 6.45) is 2.29. The van der Waals surface area contributed by atoms with Crippen molar-refractivity contribution in [1.29, 1.82) is 0 Å². The molecule has 2 rings (SSSR count). The standard InChI is InChI=1S/C15H18N2O3/c1-19-10-4-9-17-14(18)7-8-16-15(17)12-5-3-6-13(11-12)20-2/h3,5-8,11H,4,9-10H2,1-2H3. The summed E-state index contributed by atoms with van der Waals surface area (Å²) >= 11 is 0. The van der Waals surface area contributed by atoms with Crippen LogP contribution in [0.3, 0.4) is 0 Å². The molecule has 0 spiro atoms. The maximum Gasteiger partial charge on any atom is 0.253 e. The first-order chi connectivity index (χ1) is 9.76. The van der Waals surface area contributed by atoms with E-state index in [4.69, 9.17) is 9.47 Å². The van der Waals surface area contributed by atoms with E-state index < -0.39 is 0 Å². The molecule has 5 heteroatoms. The molecule has 0 aliphatic carbocycles. The Morgan fingerprint density at radius 1 is 1.25 bits per heavy atom. The molecule has 5 nitrogen and oxygen atoms in total. The molecule has 1 aromatic heterocycles. The van der Waals surface area contributed by atoms with Gasteiger partial charge in [0.15, 0.2) is 0 Å². The average Bonchev–Trinajstić information content (AvgIpc) is 2.49. The molecule has 0 radical (unpaired) electrons. The van der Waals surface area contributed by atoms with Crippen LogP contribution in [0, 0.1) is 0 Å². The third kappa shape index (κ3) is 3.24. The van der Waals surface area contributed by atoms with Crippen molar-refractivity contribution in [3.8, 4) is 17.1 Å². The monoisotopic (exact) mass is 274 g/mol. The zero-order chi connectivity index (χ0) is 14.4. The molecule has 0 bridgehead atoms. The molecule has 2 aromatic rings. The van der Waals surface area contributed by atoms with Crippen LogP contribution in [-0.2, 0) is 11.3 Å². The predicted molar refractivity (Wildman–Crippen MR) is 77.0 cm³/mol. The minimum Gasteiger partial charge on any atom is -0.497 e. The smallest absolute Gasteiger partial charge is 0.253 e. The number of rotatable bonds is 6. The quantitative estimate of drug-likeness (QED) is 0.756. The lowest BCUT2D eigenvalue weighted by atomic mass is 10.2. The van der Waals surface area contributed by atoms with Crippen molar-refractivity contribution in [3.63, 3.8) is 0 Å². The van der Waals surface area contributed by atoms with Crippen molar-refractivity contribution < 1.29 is 9.47 Å². The van der Waals surface area contributed by atoms with Gasteiger partial charge in [-0.1, -0.05) is 12.1 Å². The molecule has 0 N–H and O–H groups in total. The van der Waals surface area contributed by atoms with E-state index in [9.17, 15) is 4.79 Å². The molecule has 0 saturated carbocycles. The van der Waals surface area contributed by atoms with Crippen molar-refractivity contribution in [1.82, 2.24) is 9.55 Å². The Kier molecular flexibility index (Phi) is 4.90. The van der Waals surface area contributed by atoms with Gasteiger partial charge in [-0.2, -0.15) is 0 Å².